The van der Waals surface area contributed by atoms with Crippen LogP contribution in [0.2, 0.25) is 10.0 Å². The van der Waals surface area contributed by atoms with E-state index in [-0.39, 0.29) is 31.1 Å². The zero-order chi connectivity index (χ0) is 21.8. The minimum atomic E-state index is -0.586. The van der Waals surface area contributed by atoms with E-state index in [1.807, 2.05) is 60.7 Å². The summed E-state index contributed by atoms with van der Waals surface area (Å²) in [5.41, 5.74) is 2.80. The lowest BCUT2D eigenvalue weighted by atomic mass is 9.95. The Labute approximate surface area is 202 Å². The van der Waals surface area contributed by atoms with Gasteiger partial charge in [-0.2, -0.15) is 0 Å². The fraction of sp³-hybridized carbons (Fsp3) is 0.208. The van der Waals surface area contributed by atoms with Gasteiger partial charge in [0, 0.05) is 16.1 Å². The third-order valence-electron chi connectivity index (χ3n) is 5.10. The highest BCUT2D eigenvalue weighted by molar-refractivity contribution is 6.30. The molecule has 3 aromatic carbocycles. The summed E-state index contributed by atoms with van der Waals surface area (Å²) in [4.78, 5) is 4.98. The van der Waals surface area contributed by atoms with Gasteiger partial charge < -0.3 is 14.8 Å². The number of rotatable bonds is 7. The molecule has 168 valence electrons. The van der Waals surface area contributed by atoms with E-state index in [1.54, 1.807) is 13.2 Å². The van der Waals surface area contributed by atoms with Crippen molar-refractivity contribution in [3.63, 3.8) is 0 Å². The number of ether oxygens (including phenoxy) is 2. The Hall–Kier alpha value is -2.47. The van der Waals surface area contributed by atoms with Gasteiger partial charge in [-0.1, -0.05) is 47.5 Å². The Morgan fingerprint density at radius 2 is 1.56 bits per heavy atom. The maximum absolute atomic E-state index is 12.8. The molecule has 4 rings (SSSR count). The van der Waals surface area contributed by atoms with Gasteiger partial charge >= 0.3 is 0 Å². The highest BCUT2D eigenvalue weighted by Crippen LogP contribution is 2.39. The van der Waals surface area contributed by atoms with Gasteiger partial charge in [0.1, 0.15) is 36.7 Å². The normalized spacial score (nSPS) is 17.2. The number of methoxy groups -OCH3 is 1. The van der Waals surface area contributed by atoms with Crippen molar-refractivity contribution >= 4 is 41.4 Å². The van der Waals surface area contributed by atoms with Gasteiger partial charge in [0.05, 0.1) is 18.7 Å². The van der Waals surface area contributed by atoms with Crippen molar-refractivity contribution in [1.29, 1.82) is 0 Å². The first-order valence-corrected chi connectivity index (χ1v) is 10.6. The molecule has 0 amide bonds. The van der Waals surface area contributed by atoms with Crippen LogP contribution in [0.1, 0.15) is 28.8 Å². The van der Waals surface area contributed by atoms with E-state index in [0.29, 0.717) is 27.4 Å². The minimum Gasteiger partial charge on any atom is -0.497 e. The number of halogens is 4. The molecule has 32 heavy (non-hydrogen) atoms. The van der Waals surface area contributed by atoms with Crippen LogP contribution in [0, 0.1) is 0 Å². The van der Waals surface area contributed by atoms with Crippen LogP contribution in [0.15, 0.2) is 71.7 Å². The molecule has 2 atom stereocenters. The van der Waals surface area contributed by atoms with Gasteiger partial charge in [-0.3, -0.25) is 4.99 Å². The average Bonchev–Trinajstić information content (AvgIpc) is 3.23. The molecule has 0 saturated carbocycles. The van der Waals surface area contributed by atoms with Crippen LogP contribution in [0.4, 0.5) is 4.39 Å². The maximum atomic E-state index is 12.8. The monoisotopic (exact) mass is 494 g/mol. The SMILES string of the molecule is COc1ccc(C2=NC(c3ccc(Cl)cc3)C(c3ccc(Cl)cc3)N2)c(OCCF)c1.Cl. The van der Waals surface area contributed by atoms with E-state index in [9.17, 15) is 4.39 Å². The molecule has 0 aromatic heterocycles. The lowest BCUT2D eigenvalue weighted by molar-refractivity contribution is 0.271. The zero-order valence-corrected chi connectivity index (χ0v) is 19.6. The molecular formula is C24H22Cl3FN2O2. The van der Waals surface area contributed by atoms with Crippen LogP contribution >= 0.6 is 35.6 Å². The minimum absolute atomic E-state index is 0. The molecule has 1 aliphatic heterocycles. The van der Waals surface area contributed by atoms with Crippen molar-refractivity contribution in [2.45, 2.75) is 12.1 Å². The van der Waals surface area contributed by atoms with Crippen LogP contribution in [-0.2, 0) is 0 Å². The summed E-state index contributed by atoms with van der Waals surface area (Å²) in [5, 5.41) is 4.86. The zero-order valence-electron chi connectivity index (χ0n) is 17.2. The molecule has 0 fully saturated rings. The molecule has 0 saturated heterocycles. The Morgan fingerprint density at radius 3 is 2.16 bits per heavy atom. The van der Waals surface area contributed by atoms with Crippen LogP contribution in [0.5, 0.6) is 11.5 Å². The summed E-state index contributed by atoms with van der Waals surface area (Å²) in [6.45, 7) is -0.633. The average molecular weight is 496 g/mol. The Bertz CT molecular complexity index is 1080. The van der Waals surface area contributed by atoms with Gasteiger partial charge in [-0.25, -0.2) is 4.39 Å². The maximum Gasteiger partial charge on any atom is 0.134 e. The van der Waals surface area contributed by atoms with E-state index >= 15 is 0 Å². The number of alkyl halides is 1. The van der Waals surface area contributed by atoms with Gasteiger partial charge in [0.15, 0.2) is 0 Å². The number of amidine groups is 1. The number of aliphatic imine (C=N–C) groups is 1. The van der Waals surface area contributed by atoms with Gasteiger partial charge in [0.2, 0.25) is 0 Å². The summed E-state index contributed by atoms with van der Waals surface area (Å²) in [6.07, 6.45) is 0. The van der Waals surface area contributed by atoms with E-state index in [2.05, 4.69) is 5.32 Å². The van der Waals surface area contributed by atoms with E-state index in [0.717, 1.165) is 16.7 Å². The molecule has 8 heteroatoms. The highest BCUT2D eigenvalue weighted by atomic mass is 35.5. The fourth-order valence-corrected chi connectivity index (χ4v) is 3.83. The van der Waals surface area contributed by atoms with E-state index in [1.165, 1.54) is 0 Å². The first kappa shape index (κ1) is 24.2. The van der Waals surface area contributed by atoms with E-state index in [4.69, 9.17) is 37.7 Å². The van der Waals surface area contributed by atoms with Crippen molar-refractivity contribution in [2.24, 2.45) is 4.99 Å². The molecule has 0 aliphatic carbocycles. The second-order valence-corrected chi connectivity index (χ2v) is 7.92. The predicted octanol–water partition coefficient (Wildman–Crippen LogP) is 6.60. The lowest BCUT2D eigenvalue weighted by Crippen LogP contribution is -2.25. The standard InChI is InChI=1S/C24H21Cl2FN2O2.ClH/c1-30-19-10-11-20(21(14-19)31-13-12-27)24-28-22(15-2-6-17(25)7-3-15)23(29-24)16-4-8-18(26)9-5-16;/h2-11,14,22-23H,12-13H2,1H3,(H,28,29);1H. The molecular weight excluding hydrogens is 474 g/mol. The number of nitrogens with one attached hydrogen (secondary N) is 1. The number of hydrogen-bond acceptors (Lipinski definition) is 4. The summed E-state index contributed by atoms with van der Waals surface area (Å²) >= 11 is 12.2. The Morgan fingerprint density at radius 1 is 0.938 bits per heavy atom. The second-order valence-electron chi connectivity index (χ2n) is 7.05. The molecule has 1 aliphatic rings. The molecule has 2 unspecified atom stereocenters. The summed E-state index contributed by atoms with van der Waals surface area (Å²) in [5.74, 6) is 1.80. The van der Waals surface area contributed by atoms with Gasteiger partial charge in [0.25, 0.3) is 0 Å². The van der Waals surface area contributed by atoms with Crippen molar-refractivity contribution in [1.82, 2.24) is 5.32 Å². The van der Waals surface area contributed by atoms with Crippen LogP contribution in [0.3, 0.4) is 0 Å². The van der Waals surface area contributed by atoms with Crippen molar-refractivity contribution in [3.05, 3.63) is 93.5 Å². The third kappa shape index (κ3) is 5.29. The third-order valence-corrected chi connectivity index (χ3v) is 5.60. The van der Waals surface area contributed by atoms with Crippen LogP contribution in [0.25, 0.3) is 0 Å². The van der Waals surface area contributed by atoms with Crippen molar-refractivity contribution in [2.75, 3.05) is 20.4 Å². The largest absolute Gasteiger partial charge is 0.497 e. The molecule has 0 spiro atoms. The molecule has 3 aromatic rings. The molecule has 0 bridgehead atoms. The number of nitrogens with zero attached hydrogens (tertiary/aromatic N) is 1. The summed E-state index contributed by atoms with van der Waals surface area (Å²) < 4.78 is 23.7. The van der Waals surface area contributed by atoms with Crippen LogP contribution < -0.4 is 14.8 Å². The van der Waals surface area contributed by atoms with Crippen LogP contribution in [-0.4, -0.2) is 26.2 Å². The van der Waals surface area contributed by atoms with E-state index < -0.39 is 6.67 Å². The molecule has 1 heterocycles. The number of hydrogen-bond donors (Lipinski definition) is 1. The first-order chi connectivity index (χ1) is 15.1. The summed E-state index contributed by atoms with van der Waals surface area (Å²) in [7, 11) is 1.58. The highest BCUT2D eigenvalue weighted by Gasteiger charge is 2.33. The first-order valence-electron chi connectivity index (χ1n) is 9.81. The Balaban J connectivity index is 0.00000289. The van der Waals surface area contributed by atoms with Crippen molar-refractivity contribution in [3.8, 4) is 11.5 Å². The van der Waals surface area contributed by atoms with Crippen molar-refractivity contribution < 1.29 is 13.9 Å². The summed E-state index contributed by atoms with van der Waals surface area (Å²) in [6, 6.07) is 20.5. The second kappa shape index (κ2) is 10.9. The topological polar surface area (TPSA) is 42.8 Å². The predicted molar refractivity (Wildman–Crippen MR) is 130 cm³/mol. The Kier molecular flexibility index (Phi) is 8.24. The van der Waals surface area contributed by atoms with Gasteiger partial charge in [-0.05, 0) is 47.5 Å². The number of benzene rings is 3. The quantitative estimate of drug-likeness (QED) is 0.401. The van der Waals surface area contributed by atoms with Gasteiger partial charge in [-0.15, -0.1) is 12.4 Å². The smallest absolute Gasteiger partial charge is 0.134 e. The fourth-order valence-electron chi connectivity index (χ4n) is 3.58. The molecule has 1 N–H and O–H groups in total. The lowest BCUT2D eigenvalue weighted by Gasteiger charge is -2.20. The molecule has 0 radical (unpaired) electrons. The molecule has 4 nitrogen and oxygen atoms in total.